The Bertz CT molecular complexity index is 351. The molecule has 2 rings (SSSR count). The van der Waals surface area contributed by atoms with Gasteiger partial charge in [0, 0.05) is 11.5 Å². The van der Waals surface area contributed by atoms with E-state index >= 15 is 0 Å². The summed E-state index contributed by atoms with van der Waals surface area (Å²) in [5, 5.41) is 19.7. The van der Waals surface area contributed by atoms with Gasteiger partial charge in [0.1, 0.15) is 0 Å². The van der Waals surface area contributed by atoms with Crippen LogP contribution in [0, 0.1) is 5.92 Å². The van der Waals surface area contributed by atoms with Crippen LogP contribution in [0.25, 0.3) is 0 Å². The van der Waals surface area contributed by atoms with Crippen molar-refractivity contribution < 1.29 is 19.4 Å². The Morgan fingerprint density at radius 2 is 2.06 bits per heavy atom. The average molecular weight is 224 g/mol. The zero-order chi connectivity index (χ0) is 11.6. The Hall–Kier alpha value is -1.29. The van der Waals surface area contributed by atoms with Crippen LogP contribution in [-0.4, -0.2) is 16.2 Å². The van der Waals surface area contributed by atoms with Crippen LogP contribution < -0.4 is 0 Å². The first-order valence-electron chi connectivity index (χ1n) is 5.64. The zero-order valence-electron chi connectivity index (χ0n) is 9.06. The lowest BCUT2D eigenvalue weighted by molar-refractivity contribution is -0.168. The van der Waals surface area contributed by atoms with Gasteiger partial charge in [-0.05, 0) is 18.9 Å². The van der Waals surface area contributed by atoms with Crippen LogP contribution in [0.4, 0.5) is 0 Å². The molecule has 1 heterocycles. The first kappa shape index (κ1) is 11.2. The molecule has 0 radical (unpaired) electrons. The number of aliphatic hydroxyl groups is 1. The van der Waals surface area contributed by atoms with E-state index in [0.29, 0.717) is 5.56 Å². The largest absolute Gasteiger partial charge is 0.479 e. The van der Waals surface area contributed by atoms with Gasteiger partial charge in [-0.1, -0.05) is 19.3 Å². The minimum atomic E-state index is -1.78. The van der Waals surface area contributed by atoms with Crippen LogP contribution in [0.2, 0.25) is 0 Å². The van der Waals surface area contributed by atoms with Gasteiger partial charge in [-0.15, -0.1) is 0 Å². The van der Waals surface area contributed by atoms with Gasteiger partial charge in [0.15, 0.2) is 5.60 Å². The van der Waals surface area contributed by atoms with Crippen molar-refractivity contribution in [3.63, 3.8) is 0 Å². The number of hydrogen-bond donors (Lipinski definition) is 2. The highest BCUT2D eigenvalue weighted by atomic mass is 16.4. The van der Waals surface area contributed by atoms with Crippen LogP contribution in [-0.2, 0) is 10.4 Å². The van der Waals surface area contributed by atoms with Gasteiger partial charge in [0.2, 0.25) is 0 Å². The standard InChI is InChI=1S/C12H16O4/c13-11(14)12(15,10-6-7-16-8-10)9-4-2-1-3-5-9/h6-9,15H,1-5H2,(H,13,14). The second-order valence-corrected chi connectivity index (χ2v) is 4.42. The quantitative estimate of drug-likeness (QED) is 0.825. The summed E-state index contributed by atoms with van der Waals surface area (Å²) in [5.41, 5.74) is -1.43. The summed E-state index contributed by atoms with van der Waals surface area (Å²) in [7, 11) is 0. The number of furan rings is 1. The van der Waals surface area contributed by atoms with E-state index < -0.39 is 11.6 Å². The van der Waals surface area contributed by atoms with E-state index in [9.17, 15) is 15.0 Å². The molecule has 16 heavy (non-hydrogen) atoms. The molecule has 2 N–H and O–H groups in total. The summed E-state index contributed by atoms with van der Waals surface area (Å²) >= 11 is 0. The van der Waals surface area contributed by atoms with Gasteiger partial charge >= 0.3 is 5.97 Å². The van der Waals surface area contributed by atoms with E-state index in [-0.39, 0.29) is 5.92 Å². The molecule has 0 saturated heterocycles. The highest BCUT2D eigenvalue weighted by molar-refractivity contribution is 5.79. The molecule has 1 atom stereocenters. The Morgan fingerprint density at radius 1 is 1.38 bits per heavy atom. The molecule has 0 amide bonds. The van der Waals surface area contributed by atoms with E-state index in [4.69, 9.17) is 4.42 Å². The predicted octanol–water partition coefficient (Wildman–Crippen LogP) is 2.13. The topological polar surface area (TPSA) is 70.7 Å². The predicted molar refractivity (Wildman–Crippen MR) is 56.8 cm³/mol. The zero-order valence-corrected chi connectivity index (χ0v) is 9.06. The Morgan fingerprint density at radius 3 is 2.56 bits per heavy atom. The van der Waals surface area contributed by atoms with Crippen molar-refractivity contribution in [3.05, 3.63) is 24.2 Å². The molecule has 1 aromatic heterocycles. The van der Waals surface area contributed by atoms with Crippen LogP contribution >= 0.6 is 0 Å². The summed E-state index contributed by atoms with van der Waals surface area (Å²) < 4.78 is 4.88. The Balaban J connectivity index is 2.31. The lowest BCUT2D eigenvalue weighted by Crippen LogP contribution is -2.43. The Labute approximate surface area is 93.9 Å². The fourth-order valence-corrected chi connectivity index (χ4v) is 2.54. The molecule has 88 valence electrons. The molecule has 0 spiro atoms. The normalized spacial score (nSPS) is 21.6. The average Bonchev–Trinajstić information content (AvgIpc) is 2.82. The number of aliphatic carboxylic acids is 1. The number of rotatable bonds is 3. The van der Waals surface area contributed by atoms with Crippen LogP contribution in [0.15, 0.2) is 23.0 Å². The maximum Gasteiger partial charge on any atom is 0.340 e. The summed E-state index contributed by atoms with van der Waals surface area (Å²) in [5.74, 6) is -1.39. The van der Waals surface area contributed by atoms with Gasteiger partial charge in [0.05, 0.1) is 12.5 Å². The van der Waals surface area contributed by atoms with Crippen molar-refractivity contribution in [1.82, 2.24) is 0 Å². The number of carboxylic acid groups (broad SMARTS) is 1. The van der Waals surface area contributed by atoms with Crippen molar-refractivity contribution in [2.24, 2.45) is 5.92 Å². The number of hydrogen-bond acceptors (Lipinski definition) is 3. The van der Waals surface area contributed by atoms with Crippen molar-refractivity contribution in [1.29, 1.82) is 0 Å². The molecule has 1 unspecified atom stereocenters. The molecule has 1 aliphatic carbocycles. The van der Waals surface area contributed by atoms with Crippen molar-refractivity contribution >= 4 is 5.97 Å². The molecule has 0 bridgehead atoms. The summed E-state index contributed by atoms with van der Waals surface area (Å²) in [4.78, 5) is 11.3. The monoisotopic (exact) mass is 224 g/mol. The highest BCUT2D eigenvalue weighted by Gasteiger charge is 2.46. The molecular weight excluding hydrogens is 208 g/mol. The number of carbonyl (C=O) groups is 1. The maximum absolute atomic E-state index is 11.3. The Kier molecular flexibility index (Phi) is 3.01. The molecule has 4 heteroatoms. The van der Waals surface area contributed by atoms with Crippen LogP contribution in [0.3, 0.4) is 0 Å². The third-order valence-corrected chi connectivity index (χ3v) is 3.48. The van der Waals surface area contributed by atoms with Gasteiger partial charge in [-0.25, -0.2) is 4.79 Å². The van der Waals surface area contributed by atoms with E-state index in [1.807, 2.05) is 0 Å². The summed E-state index contributed by atoms with van der Waals surface area (Å²) in [6, 6.07) is 1.53. The lowest BCUT2D eigenvalue weighted by atomic mass is 9.74. The van der Waals surface area contributed by atoms with Crippen LogP contribution in [0.5, 0.6) is 0 Å². The van der Waals surface area contributed by atoms with E-state index in [2.05, 4.69) is 0 Å². The molecule has 1 aliphatic rings. The minimum absolute atomic E-state index is 0.212. The minimum Gasteiger partial charge on any atom is -0.479 e. The molecule has 1 aromatic rings. The number of carboxylic acids is 1. The van der Waals surface area contributed by atoms with Gasteiger partial charge in [-0.3, -0.25) is 0 Å². The van der Waals surface area contributed by atoms with Gasteiger partial charge < -0.3 is 14.6 Å². The first-order chi connectivity index (χ1) is 7.65. The molecule has 1 saturated carbocycles. The van der Waals surface area contributed by atoms with Gasteiger partial charge in [0.25, 0.3) is 0 Å². The van der Waals surface area contributed by atoms with Crippen molar-refractivity contribution in [3.8, 4) is 0 Å². The summed E-state index contributed by atoms with van der Waals surface area (Å²) in [6.45, 7) is 0. The lowest BCUT2D eigenvalue weighted by Gasteiger charge is -2.34. The SMILES string of the molecule is O=C(O)C(O)(c1ccoc1)C1CCCCC1. The maximum atomic E-state index is 11.3. The molecule has 0 aromatic carbocycles. The van der Waals surface area contributed by atoms with E-state index in [1.165, 1.54) is 18.6 Å². The molecule has 1 fully saturated rings. The fraction of sp³-hybridized carbons (Fsp3) is 0.583. The van der Waals surface area contributed by atoms with Gasteiger partial charge in [-0.2, -0.15) is 0 Å². The van der Waals surface area contributed by atoms with E-state index in [0.717, 1.165) is 32.1 Å². The van der Waals surface area contributed by atoms with Crippen molar-refractivity contribution in [2.45, 2.75) is 37.7 Å². The summed E-state index contributed by atoms with van der Waals surface area (Å²) in [6.07, 6.45) is 7.32. The van der Waals surface area contributed by atoms with Crippen LogP contribution in [0.1, 0.15) is 37.7 Å². The highest BCUT2D eigenvalue weighted by Crippen LogP contribution is 2.39. The third kappa shape index (κ3) is 1.73. The first-order valence-corrected chi connectivity index (χ1v) is 5.64. The fourth-order valence-electron chi connectivity index (χ4n) is 2.54. The molecule has 4 nitrogen and oxygen atoms in total. The second-order valence-electron chi connectivity index (χ2n) is 4.42. The smallest absolute Gasteiger partial charge is 0.340 e. The van der Waals surface area contributed by atoms with E-state index in [1.54, 1.807) is 0 Å². The molecular formula is C12H16O4. The second kappa shape index (κ2) is 4.29. The molecule has 0 aliphatic heterocycles. The third-order valence-electron chi connectivity index (χ3n) is 3.48. The van der Waals surface area contributed by atoms with Crippen molar-refractivity contribution in [2.75, 3.05) is 0 Å².